The molecule has 2 aliphatic heterocycles. The van der Waals surface area contributed by atoms with E-state index in [0.717, 1.165) is 44.6 Å². The Morgan fingerprint density at radius 2 is 2.44 bits per heavy atom. The van der Waals surface area contributed by atoms with Crippen molar-refractivity contribution in [2.75, 3.05) is 25.7 Å². The van der Waals surface area contributed by atoms with Crippen LogP contribution in [0.1, 0.15) is 31.0 Å². The fraction of sp³-hybridized carbons (Fsp3) is 0.833. The molecule has 0 radical (unpaired) electrons. The summed E-state index contributed by atoms with van der Waals surface area (Å²) in [6.07, 6.45) is 5.75. The average Bonchev–Trinajstić information content (AvgIpc) is 3.00. The molecule has 2 atom stereocenters. The monoisotopic (exact) mass is 271 g/mol. The first kappa shape index (κ1) is 12.4. The summed E-state index contributed by atoms with van der Waals surface area (Å²) in [6.45, 7) is 2.30. The molecule has 0 bridgehead atoms. The lowest BCUT2D eigenvalue weighted by Gasteiger charge is -2.36. The van der Waals surface area contributed by atoms with Gasteiger partial charge in [0.05, 0.1) is 23.9 Å². The maximum atomic E-state index is 5.92. The van der Waals surface area contributed by atoms with Crippen molar-refractivity contribution in [2.45, 2.75) is 37.3 Å². The first-order valence-electron chi connectivity index (χ1n) is 6.50. The van der Waals surface area contributed by atoms with Gasteiger partial charge in [-0.3, -0.25) is 0 Å². The Morgan fingerprint density at radius 1 is 1.50 bits per heavy atom. The maximum Gasteiger partial charge on any atom is 0.0957 e. The van der Waals surface area contributed by atoms with Gasteiger partial charge in [-0.15, -0.1) is 16.7 Å². The number of ether oxygens (including phenoxy) is 2. The molecule has 0 aromatic carbocycles. The molecule has 3 heterocycles. The van der Waals surface area contributed by atoms with Crippen LogP contribution in [0, 0.1) is 0 Å². The Balaban J connectivity index is 1.71. The van der Waals surface area contributed by atoms with Gasteiger partial charge in [0, 0.05) is 44.6 Å². The van der Waals surface area contributed by atoms with E-state index in [1.165, 1.54) is 0 Å². The van der Waals surface area contributed by atoms with E-state index in [-0.39, 0.29) is 5.60 Å². The van der Waals surface area contributed by atoms with E-state index < -0.39 is 0 Å². The zero-order valence-corrected chi connectivity index (χ0v) is 11.1. The summed E-state index contributed by atoms with van der Waals surface area (Å²) in [5, 5.41) is 8.38. The van der Waals surface area contributed by atoms with Crippen LogP contribution in [0.4, 0.5) is 0 Å². The highest BCUT2D eigenvalue weighted by atomic mass is 35.5. The third-order valence-corrected chi connectivity index (χ3v) is 4.01. The van der Waals surface area contributed by atoms with Crippen LogP contribution in [0.25, 0.3) is 0 Å². The smallest absolute Gasteiger partial charge is 0.0957 e. The number of aromatic nitrogens is 3. The van der Waals surface area contributed by atoms with Gasteiger partial charge in [-0.05, 0) is 6.42 Å². The molecule has 18 heavy (non-hydrogen) atoms. The molecule has 2 fully saturated rings. The van der Waals surface area contributed by atoms with Crippen LogP contribution >= 0.6 is 11.6 Å². The number of rotatable bonds is 3. The Hall–Kier alpha value is -0.650. The molecule has 2 saturated heterocycles. The molecule has 1 aromatic heterocycles. The highest BCUT2D eigenvalue weighted by Gasteiger charge is 2.41. The van der Waals surface area contributed by atoms with Crippen molar-refractivity contribution in [1.82, 2.24) is 15.0 Å². The van der Waals surface area contributed by atoms with Gasteiger partial charge < -0.3 is 9.47 Å². The van der Waals surface area contributed by atoms with Crippen molar-refractivity contribution in [3.63, 3.8) is 0 Å². The summed E-state index contributed by atoms with van der Waals surface area (Å²) in [5.41, 5.74) is 0.884. The van der Waals surface area contributed by atoms with E-state index in [9.17, 15) is 0 Å². The Bertz CT molecular complexity index is 404. The van der Waals surface area contributed by atoms with Crippen LogP contribution in [-0.4, -0.2) is 46.3 Å². The zero-order valence-electron chi connectivity index (χ0n) is 10.3. The van der Waals surface area contributed by atoms with E-state index in [1.54, 1.807) is 0 Å². The van der Waals surface area contributed by atoms with Gasteiger partial charge in [0.15, 0.2) is 0 Å². The summed E-state index contributed by atoms with van der Waals surface area (Å²) in [4.78, 5) is 0. The lowest BCUT2D eigenvalue weighted by molar-refractivity contribution is -0.0964. The van der Waals surface area contributed by atoms with Gasteiger partial charge in [0.2, 0.25) is 0 Å². The SMILES string of the molecule is ClCCc1cn(C2CCOC3(CCOC3)C2)nn1. The molecule has 3 rings (SSSR count). The molecular weight excluding hydrogens is 254 g/mol. The molecule has 5 nitrogen and oxygen atoms in total. The van der Waals surface area contributed by atoms with E-state index in [4.69, 9.17) is 21.1 Å². The van der Waals surface area contributed by atoms with Crippen LogP contribution in [0.2, 0.25) is 0 Å². The normalized spacial score (nSPS) is 32.2. The topological polar surface area (TPSA) is 49.2 Å². The molecule has 6 heteroatoms. The lowest BCUT2D eigenvalue weighted by Crippen LogP contribution is -2.41. The lowest BCUT2D eigenvalue weighted by atomic mass is 9.90. The summed E-state index contributed by atoms with van der Waals surface area (Å²) >= 11 is 5.72. The molecule has 100 valence electrons. The first-order valence-corrected chi connectivity index (χ1v) is 7.03. The molecule has 0 saturated carbocycles. The molecule has 0 aliphatic carbocycles. The van der Waals surface area contributed by atoms with Crippen molar-refractivity contribution in [2.24, 2.45) is 0 Å². The number of nitrogens with zero attached hydrogens (tertiary/aromatic N) is 3. The molecule has 1 aromatic rings. The van der Waals surface area contributed by atoms with Crippen molar-refractivity contribution < 1.29 is 9.47 Å². The summed E-state index contributed by atoms with van der Waals surface area (Å²) < 4.78 is 13.4. The Morgan fingerprint density at radius 3 is 3.22 bits per heavy atom. The van der Waals surface area contributed by atoms with Crippen LogP contribution < -0.4 is 0 Å². The van der Waals surface area contributed by atoms with Gasteiger partial charge in [-0.2, -0.15) is 0 Å². The molecule has 2 aliphatic rings. The highest BCUT2D eigenvalue weighted by molar-refractivity contribution is 6.17. The van der Waals surface area contributed by atoms with Gasteiger partial charge in [0.1, 0.15) is 0 Å². The van der Waals surface area contributed by atoms with Crippen LogP contribution in [0.3, 0.4) is 0 Å². The fourth-order valence-corrected chi connectivity index (χ4v) is 2.99. The maximum absolute atomic E-state index is 5.92. The second kappa shape index (κ2) is 5.15. The summed E-state index contributed by atoms with van der Waals surface area (Å²) in [6, 6.07) is 0.372. The van der Waals surface area contributed by atoms with Gasteiger partial charge in [-0.25, -0.2) is 4.68 Å². The van der Waals surface area contributed by atoms with Crippen LogP contribution in [-0.2, 0) is 15.9 Å². The van der Waals surface area contributed by atoms with Gasteiger partial charge in [-0.1, -0.05) is 5.21 Å². The Labute approximate surface area is 111 Å². The van der Waals surface area contributed by atoms with Gasteiger partial charge >= 0.3 is 0 Å². The molecule has 2 unspecified atom stereocenters. The second-order valence-electron chi connectivity index (χ2n) is 5.11. The summed E-state index contributed by atoms with van der Waals surface area (Å²) in [7, 11) is 0. The first-order chi connectivity index (χ1) is 8.81. The highest BCUT2D eigenvalue weighted by Crippen LogP contribution is 2.37. The average molecular weight is 272 g/mol. The minimum atomic E-state index is -0.0818. The zero-order chi connectivity index (χ0) is 12.4. The van der Waals surface area contributed by atoms with Crippen molar-refractivity contribution in [3.05, 3.63) is 11.9 Å². The number of hydrogen-bond donors (Lipinski definition) is 0. The third-order valence-electron chi connectivity index (χ3n) is 3.82. The number of alkyl halides is 1. The van der Waals surface area contributed by atoms with E-state index in [1.807, 2.05) is 10.9 Å². The molecule has 0 amide bonds. The van der Waals surface area contributed by atoms with E-state index in [0.29, 0.717) is 18.5 Å². The number of halogens is 1. The number of hydrogen-bond acceptors (Lipinski definition) is 4. The quantitative estimate of drug-likeness (QED) is 0.783. The summed E-state index contributed by atoms with van der Waals surface area (Å²) in [5.74, 6) is 0.588. The van der Waals surface area contributed by atoms with Crippen LogP contribution in [0.15, 0.2) is 6.20 Å². The van der Waals surface area contributed by atoms with E-state index in [2.05, 4.69) is 10.3 Å². The largest absolute Gasteiger partial charge is 0.378 e. The fourth-order valence-electron chi connectivity index (χ4n) is 2.79. The van der Waals surface area contributed by atoms with Crippen LogP contribution in [0.5, 0.6) is 0 Å². The second-order valence-corrected chi connectivity index (χ2v) is 5.49. The van der Waals surface area contributed by atoms with E-state index >= 15 is 0 Å². The minimum absolute atomic E-state index is 0.0818. The molecular formula is C12H18ClN3O2. The molecule has 0 N–H and O–H groups in total. The predicted octanol–water partition coefficient (Wildman–Crippen LogP) is 1.57. The Kier molecular flexibility index (Phi) is 3.54. The standard InChI is InChI=1S/C12H18ClN3O2/c13-4-1-10-8-16(15-14-10)11-2-5-18-12(7-11)3-6-17-9-12/h8,11H,1-7,9H2. The minimum Gasteiger partial charge on any atom is -0.378 e. The van der Waals surface area contributed by atoms with Gasteiger partial charge in [0.25, 0.3) is 0 Å². The van der Waals surface area contributed by atoms with Crippen molar-refractivity contribution in [3.8, 4) is 0 Å². The molecule has 1 spiro atoms. The van der Waals surface area contributed by atoms with Crippen molar-refractivity contribution >= 4 is 11.6 Å². The van der Waals surface area contributed by atoms with Crippen molar-refractivity contribution in [1.29, 1.82) is 0 Å². The third kappa shape index (κ3) is 2.39. The number of aryl methyl sites for hydroxylation is 1. The predicted molar refractivity (Wildman–Crippen MR) is 66.8 cm³/mol.